The lowest BCUT2D eigenvalue weighted by Crippen LogP contribution is -2.15. The Hall–Kier alpha value is -1.35. The zero-order valence-electron chi connectivity index (χ0n) is 6.69. The zero-order chi connectivity index (χ0) is 9.14. The van der Waals surface area contributed by atoms with E-state index in [1.807, 2.05) is 0 Å². The summed E-state index contributed by atoms with van der Waals surface area (Å²) in [4.78, 5) is 11.1. The fourth-order valence-electron chi connectivity index (χ4n) is 0.900. The van der Waals surface area contributed by atoms with E-state index in [-0.39, 0.29) is 11.5 Å². The van der Waals surface area contributed by atoms with Gasteiger partial charge in [0.25, 0.3) is 0 Å². The maximum atomic E-state index is 11.1. The topological polar surface area (TPSA) is 57.5 Å². The molecule has 0 aliphatic rings. The van der Waals surface area contributed by atoms with Gasteiger partial charge in [-0.2, -0.15) is 0 Å². The third-order valence-electron chi connectivity index (χ3n) is 1.51. The molecule has 0 aliphatic heterocycles. The van der Waals surface area contributed by atoms with Gasteiger partial charge in [-0.1, -0.05) is 12.1 Å². The van der Waals surface area contributed by atoms with Crippen LogP contribution >= 0.6 is 0 Å². The van der Waals surface area contributed by atoms with Crippen molar-refractivity contribution < 1.29 is 15.0 Å². The molecule has 1 rings (SSSR count). The highest BCUT2D eigenvalue weighted by Crippen LogP contribution is 2.12. The van der Waals surface area contributed by atoms with E-state index in [2.05, 4.69) is 0 Å². The first-order valence-corrected chi connectivity index (χ1v) is 3.62. The molecule has 3 nitrogen and oxygen atoms in total. The Morgan fingerprint density at radius 3 is 2.67 bits per heavy atom. The predicted octanol–water partition coefficient (Wildman–Crippen LogP) is 0.956. The van der Waals surface area contributed by atoms with Gasteiger partial charge in [0, 0.05) is 5.56 Å². The molecule has 0 amide bonds. The quantitative estimate of drug-likeness (QED) is 0.643. The zero-order valence-corrected chi connectivity index (χ0v) is 6.69. The third-order valence-corrected chi connectivity index (χ3v) is 1.51. The lowest BCUT2D eigenvalue weighted by molar-refractivity contribution is 0.0779. The maximum Gasteiger partial charge on any atom is 0.191 e. The first kappa shape index (κ1) is 8.74. The van der Waals surface area contributed by atoms with E-state index >= 15 is 0 Å². The summed E-state index contributed by atoms with van der Waals surface area (Å²) in [5.41, 5.74) is 0.324. The van der Waals surface area contributed by atoms with Crippen LogP contribution in [0.2, 0.25) is 0 Å². The smallest absolute Gasteiger partial charge is 0.191 e. The molecule has 0 heterocycles. The van der Waals surface area contributed by atoms with Gasteiger partial charge < -0.3 is 10.2 Å². The number of rotatable bonds is 2. The number of aliphatic hydroxyl groups is 1. The van der Waals surface area contributed by atoms with Crippen molar-refractivity contribution in [1.29, 1.82) is 0 Å². The lowest BCUT2D eigenvalue weighted by Gasteiger charge is -2.02. The average molecular weight is 166 g/mol. The van der Waals surface area contributed by atoms with Gasteiger partial charge in [0.2, 0.25) is 0 Å². The number of benzene rings is 1. The number of phenolic OH excluding ortho intramolecular Hbond substituents is 1. The number of hydrogen-bond donors (Lipinski definition) is 2. The number of carbonyl (C=O) groups is 1. The summed E-state index contributed by atoms with van der Waals surface area (Å²) in [7, 11) is 0. The molecule has 0 fully saturated rings. The van der Waals surface area contributed by atoms with E-state index in [1.54, 1.807) is 12.1 Å². The fourth-order valence-corrected chi connectivity index (χ4v) is 0.900. The summed E-state index contributed by atoms with van der Waals surface area (Å²) in [6, 6.07) is 5.91. The average Bonchev–Trinajstić information content (AvgIpc) is 2.03. The highest BCUT2D eigenvalue weighted by atomic mass is 16.3. The minimum Gasteiger partial charge on any atom is -0.508 e. The monoisotopic (exact) mass is 166 g/mol. The Bertz CT molecular complexity index is 292. The number of carbonyl (C=O) groups excluding carboxylic acids is 1. The summed E-state index contributed by atoms with van der Waals surface area (Å²) in [6.45, 7) is 1.40. The van der Waals surface area contributed by atoms with Crippen LogP contribution in [0.25, 0.3) is 0 Å². The molecule has 0 saturated heterocycles. The highest BCUT2D eigenvalue weighted by molar-refractivity contribution is 5.99. The molecule has 0 spiro atoms. The van der Waals surface area contributed by atoms with Crippen LogP contribution in [-0.2, 0) is 0 Å². The van der Waals surface area contributed by atoms with Crippen molar-refractivity contribution >= 4 is 5.78 Å². The molecule has 0 bridgehead atoms. The predicted molar refractivity (Wildman–Crippen MR) is 44.1 cm³/mol. The number of hydrogen-bond acceptors (Lipinski definition) is 3. The molecule has 1 unspecified atom stereocenters. The van der Waals surface area contributed by atoms with E-state index < -0.39 is 6.10 Å². The van der Waals surface area contributed by atoms with Crippen molar-refractivity contribution in [3.05, 3.63) is 29.8 Å². The van der Waals surface area contributed by atoms with Gasteiger partial charge in [0.15, 0.2) is 5.78 Å². The molecular formula is C9H10O3. The molecule has 0 aromatic heterocycles. The first-order chi connectivity index (χ1) is 5.61. The number of phenols is 1. The first-order valence-electron chi connectivity index (χ1n) is 3.62. The van der Waals surface area contributed by atoms with Gasteiger partial charge in [0.05, 0.1) is 0 Å². The molecular weight excluding hydrogens is 156 g/mol. The largest absolute Gasteiger partial charge is 0.508 e. The Labute approximate surface area is 70.3 Å². The van der Waals surface area contributed by atoms with Gasteiger partial charge in [-0.25, -0.2) is 0 Å². The van der Waals surface area contributed by atoms with Crippen LogP contribution in [0.1, 0.15) is 17.3 Å². The summed E-state index contributed by atoms with van der Waals surface area (Å²) in [6.07, 6.45) is -1.02. The van der Waals surface area contributed by atoms with E-state index in [0.717, 1.165) is 0 Å². The fraction of sp³-hybridized carbons (Fsp3) is 0.222. The highest BCUT2D eigenvalue weighted by Gasteiger charge is 2.11. The number of aliphatic hydroxyl groups excluding tert-OH is 1. The van der Waals surface area contributed by atoms with Crippen molar-refractivity contribution in [3.8, 4) is 5.75 Å². The van der Waals surface area contributed by atoms with E-state index in [9.17, 15) is 4.79 Å². The lowest BCUT2D eigenvalue weighted by atomic mass is 10.1. The Balaban J connectivity index is 2.96. The van der Waals surface area contributed by atoms with E-state index in [1.165, 1.54) is 19.1 Å². The summed E-state index contributed by atoms with van der Waals surface area (Å²) in [5, 5.41) is 17.9. The maximum absolute atomic E-state index is 11.1. The normalized spacial score (nSPS) is 12.5. The molecule has 3 heteroatoms. The molecule has 0 aliphatic carbocycles. The van der Waals surface area contributed by atoms with Gasteiger partial charge in [-0.3, -0.25) is 4.79 Å². The Kier molecular flexibility index (Phi) is 2.45. The molecule has 1 aromatic rings. The van der Waals surface area contributed by atoms with Crippen LogP contribution in [0.5, 0.6) is 5.75 Å². The van der Waals surface area contributed by atoms with Crippen LogP contribution in [0.4, 0.5) is 0 Å². The number of aromatic hydroxyl groups is 1. The Morgan fingerprint density at radius 2 is 2.17 bits per heavy atom. The van der Waals surface area contributed by atoms with Crippen molar-refractivity contribution in [2.75, 3.05) is 0 Å². The molecule has 64 valence electrons. The van der Waals surface area contributed by atoms with Gasteiger partial charge >= 0.3 is 0 Å². The van der Waals surface area contributed by atoms with Crippen LogP contribution < -0.4 is 0 Å². The molecule has 2 N–H and O–H groups in total. The van der Waals surface area contributed by atoms with Crippen LogP contribution in [0.3, 0.4) is 0 Å². The SMILES string of the molecule is CC(O)C(=O)c1cccc(O)c1. The minimum absolute atomic E-state index is 0.0292. The van der Waals surface area contributed by atoms with Gasteiger partial charge in [0.1, 0.15) is 11.9 Å². The van der Waals surface area contributed by atoms with Crippen molar-refractivity contribution in [2.45, 2.75) is 13.0 Å². The number of ketones is 1. The molecule has 0 saturated carbocycles. The van der Waals surface area contributed by atoms with Crippen molar-refractivity contribution in [3.63, 3.8) is 0 Å². The second kappa shape index (κ2) is 3.36. The number of Topliss-reactive ketones (excluding diaryl/α,β-unsaturated/α-hetero) is 1. The van der Waals surface area contributed by atoms with Gasteiger partial charge in [-0.15, -0.1) is 0 Å². The van der Waals surface area contributed by atoms with Crippen molar-refractivity contribution in [2.24, 2.45) is 0 Å². The third kappa shape index (κ3) is 1.83. The molecule has 1 aromatic carbocycles. The van der Waals surface area contributed by atoms with Crippen LogP contribution in [0.15, 0.2) is 24.3 Å². The van der Waals surface area contributed by atoms with Crippen molar-refractivity contribution in [1.82, 2.24) is 0 Å². The van der Waals surface area contributed by atoms with E-state index in [0.29, 0.717) is 5.56 Å². The van der Waals surface area contributed by atoms with E-state index in [4.69, 9.17) is 10.2 Å². The summed E-state index contributed by atoms with van der Waals surface area (Å²) >= 11 is 0. The van der Waals surface area contributed by atoms with Crippen LogP contribution in [0, 0.1) is 0 Å². The second-order valence-electron chi connectivity index (χ2n) is 2.59. The molecule has 1 atom stereocenters. The minimum atomic E-state index is -1.02. The van der Waals surface area contributed by atoms with Gasteiger partial charge in [-0.05, 0) is 19.1 Å². The standard InChI is InChI=1S/C9H10O3/c1-6(10)9(12)7-3-2-4-8(11)5-7/h2-6,10-11H,1H3. The molecule has 0 radical (unpaired) electrons. The summed E-state index contributed by atoms with van der Waals surface area (Å²) in [5.74, 6) is -0.354. The summed E-state index contributed by atoms with van der Waals surface area (Å²) < 4.78 is 0. The second-order valence-corrected chi connectivity index (χ2v) is 2.59. The Morgan fingerprint density at radius 1 is 1.50 bits per heavy atom. The molecule has 12 heavy (non-hydrogen) atoms. The van der Waals surface area contributed by atoms with Crippen LogP contribution in [-0.4, -0.2) is 22.1 Å².